The van der Waals surface area contributed by atoms with Gasteiger partial charge in [0.05, 0.1) is 12.5 Å². The standard InChI is InChI=1S/C7H10F3NO2/c8-7(9,10)5-1-2-11(3-5)4-6(12)13/h5H,1-4H2,(H,12,13)/t5-/m1/s1. The quantitative estimate of drug-likeness (QED) is 0.716. The average molecular weight is 197 g/mol. The first-order valence-electron chi connectivity index (χ1n) is 3.90. The third-order valence-electron chi connectivity index (χ3n) is 2.09. The highest BCUT2D eigenvalue weighted by Gasteiger charge is 2.43. The summed E-state index contributed by atoms with van der Waals surface area (Å²) < 4.78 is 36.3. The summed E-state index contributed by atoms with van der Waals surface area (Å²) >= 11 is 0. The van der Waals surface area contributed by atoms with Crippen molar-refractivity contribution in [2.45, 2.75) is 12.6 Å². The number of hydrogen-bond donors (Lipinski definition) is 1. The Morgan fingerprint density at radius 1 is 1.54 bits per heavy atom. The molecule has 1 rings (SSSR count). The maximum absolute atomic E-state index is 12.1. The first kappa shape index (κ1) is 10.3. The maximum atomic E-state index is 12.1. The zero-order valence-electron chi connectivity index (χ0n) is 6.84. The monoisotopic (exact) mass is 197 g/mol. The molecule has 0 aromatic heterocycles. The zero-order chi connectivity index (χ0) is 10.1. The van der Waals surface area contributed by atoms with Gasteiger partial charge in [-0.25, -0.2) is 0 Å². The molecular weight excluding hydrogens is 187 g/mol. The van der Waals surface area contributed by atoms with Crippen molar-refractivity contribution in [2.75, 3.05) is 19.6 Å². The fraction of sp³-hybridized carbons (Fsp3) is 0.857. The van der Waals surface area contributed by atoms with E-state index >= 15 is 0 Å². The molecule has 1 atom stereocenters. The molecule has 1 heterocycles. The molecule has 0 amide bonds. The van der Waals surface area contributed by atoms with Crippen LogP contribution in [0.25, 0.3) is 0 Å². The molecule has 0 bridgehead atoms. The normalized spacial score (nSPS) is 25.0. The molecule has 0 aromatic rings. The van der Waals surface area contributed by atoms with Crippen LogP contribution in [-0.2, 0) is 4.79 Å². The van der Waals surface area contributed by atoms with Gasteiger partial charge in [0.15, 0.2) is 0 Å². The molecule has 13 heavy (non-hydrogen) atoms. The average Bonchev–Trinajstić information content (AvgIpc) is 2.32. The summed E-state index contributed by atoms with van der Waals surface area (Å²) in [5, 5.41) is 8.34. The molecule has 0 aromatic carbocycles. The van der Waals surface area contributed by atoms with E-state index in [9.17, 15) is 18.0 Å². The minimum atomic E-state index is -4.19. The largest absolute Gasteiger partial charge is 0.480 e. The number of carboxylic acid groups (broad SMARTS) is 1. The molecule has 6 heteroatoms. The second-order valence-corrected chi connectivity index (χ2v) is 3.16. The van der Waals surface area contributed by atoms with E-state index in [4.69, 9.17) is 5.11 Å². The number of aliphatic carboxylic acids is 1. The Hall–Kier alpha value is -0.780. The predicted octanol–water partition coefficient (Wildman–Crippen LogP) is 0.955. The summed E-state index contributed by atoms with van der Waals surface area (Å²) in [7, 11) is 0. The molecule has 1 aliphatic heterocycles. The van der Waals surface area contributed by atoms with Crippen LogP contribution in [-0.4, -0.2) is 41.8 Å². The van der Waals surface area contributed by atoms with Crippen LogP contribution in [0.15, 0.2) is 0 Å². The topological polar surface area (TPSA) is 40.5 Å². The SMILES string of the molecule is O=C(O)CN1CC[C@@H](C(F)(F)F)C1. The van der Waals surface area contributed by atoms with Crippen molar-refractivity contribution in [3.8, 4) is 0 Å². The van der Waals surface area contributed by atoms with Crippen molar-refractivity contribution in [3.63, 3.8) is 0 Å². The van der Waals surface area contributed by atoms with Crippen LogP contribution >= 0.6 is 0 Å². The Balaban J connectivity index is 2.41. The molecule has 76 valence electrons. The minimum Gasteiger partial charge on any atom is -0.480 e. The van der Waals surface area contributed by atoms with Gasteiger partial charge in [0.25, 0.3) is 0 Å². The van der Waals surface area contributed by atoms with Gasteiger partial charge in [-0.1, -0.05) is 0 Å². The van der Waals surface area contributed by atoms with Gasteiger partial charge in [0.2, 0.25) is 0 Å². The third kappa shape index (κ3) is 2.87. The number of alkyl halides is 3. The molecule has 0 radical (unpaired) electrons. The van der Waals surface area contributed by atoms with Crippen molar-refractivity contribution < 1.29 is 23.1 Å². The van der Waals surface area contributed by atoms with E-state index in [0.717, 1.165) is 0 Å². The molecule has 1 fully saturated rings. The number of nitrogens with zero attached hydrogens (tertiary/aromatic N) is 1. The lowest BCUT2D eigenvalue weighted by Crippen LogP contribution is -2.30. The highest BCUT2D eigenvalue weighted by Crippen LogP contribution is 2.33. The van der Waals surface area contributed by atoms with Gasteiger partial charge in [-0.15, -0.1) is 0 Å². The van der Waals surface area contributed by atoms with Gasteiger partial charge in [-0.3, -0.25) is 9.69 Å². The summed E-state index contributed by atoms with van der Waals surface area (Å²) in [5.74, 6) is -2.44. The Morgan fingerprint density at radius 2 is 2.15 bits per heavy atom. The number of carboxylic acids is 1. The van der Waals surface area contributed by atoms with E-state index in [1.165, 1.54) is 4.90 Å². The van der Waals surface area contributed by atoms with E-state index in [-0.39, 0.29) is 26.1 Å². The van der Waals surface area contributed by atoms with Crippen molar-refractivity contribution >= 4 is 5.97 Å². The summed E-state index contributed by atoms with van der Waals surface area (Å²) in [5.41, 5.74) is 0. The van der Waals surface area contributed by atoms with Crippen LogP contribution in [0.4, 0.5) is 13.2 Å². The van der Waals surface area contributed by atoms with Crippen molar-refractivity contribution in [3.05, 3.63) is 0 Å². The van der Waals surface area contributed by atoms with Gasteiger partial charge in [0, 0.05) is 6.54 Å². The van der Waals surface area contributed by atoms with Crippen LogP contribution in [0.2, 0.25) is 0 Å². The second-order valence-electron chi connectivity index (χ2n) is 3.16. The van der Waals surface area contributed by atoms with Crippen LogP contribution in [0, 0.1) is 5.92 Å². The summed E-state index contributed by atoms with van der Waals surface area (Å²) in [4.78, 5) is 11.5. The van der Waals surface area contributed by atoms with Crippen molar-refractivity contribution in [2.24, 2.45) is 5.92 Å². The Labute approximate surface area is 73.1 Å². The summed E-state index contributed by atoms with van der Waals surface area (Å²) in [6.07, 6.45) is -4.18. The van der Waals surface area contributed by atoms with Crippen molar-refractivity contribution in [1.82, 2.24) is 4.90 Å². The zero-order valence-corrected chi connectivity index (χ0v) is 6.84. The van der Waals surface area contributed by atoms with Gasteiger partial charge < -0.3 is 5.11 Å². The number of likely N-dealkylation sites (tertiary alicyclic amines) is 1. The maximum Gasteiger partial charge on any atom is 0.393 e. The number of hydrogen-bond acceptors (Lipinski definition) is 2. The second kappa shape index (κ2) is 3.53. The lowest BCUT2D eigenvalue weighted by atomic mass is 10.1. The molecule has 1 N–H and O–H groups in total. The smallest absolute Gasteiger partial charge is 0.393 e. The summed E-state index contributed by atoms with van der Waals surface area (Å²) in [6, 6.07) is 0. The first-order chi connectivity index (χ1) is 5.89. The van der Waals surface area contributed by atoms with Crippen LogP contribution < -0.4 is 0 Å². The van der Waals surface area contributed by atoms with E-state index in [0.29, 0.717) is 0 Å². The fourth-order valence-corrected chi connectivity index (χ4v) is 1.43. The Kier molecular flexibility index (Phi) is 2.80. The van der Waals surface area contributed by atoms with Crippen LogP contribution in [0.5, 0.6) is 0 Å². The van der Waals surface area contributed by atoms with Gasteiger partial charge in [0.1, 0.15) is 0 Å². The number of carbonyl (C=O) groups is 1. The molecule has 0 saturated carbocycles. The molecule has 1 aliphatic rings. The number of rotatable bonds is 2. The Bertz CT molecular complexity index is 204. The van der Waals surface area contributed by atoms with Gasteiger partial charge in [-0.05, 0) is 13.0 Å². The fourth-order valence-electron chi connectivity index (χ4n) is 1.43. The molecular formula is C7H10F3NO2. The van der Waals surface area contributed by atoms with Crippen LogP contribution in [0.1, 0.15) is 6.42 Å². The van der Waals surface area contributed by atoms with Crippen LogP contribution in [0.3, 0.4) is 0 Å². The van der Waals surface area contributed by atoms with E-state index in [1.807, 2.05) is 0 Å². The van der Waals surface area contributed by atoms with E-state index < -0.39 is 18.1 Å². The molecule has 0 unspecified atom stereocenters. The third-order valence-corrected chi connectivity index (χ3v) is 2.09. The lowest BCUT2D eigenvalue weighted by Gasteiger charge is -2.15. The Morgan fingerprint density at radius 3 is 2.54 bits per heavy atom. The molecule has 0 spiro atoms. The van der Waals surface area contributed by atoms with Gasteiger partial charge in [-0.2, -0.15) is 13.2 Å². The molecule has 0 aliphatic carbocycles. The highest BCUT2D eigenvalue weighted by molar-refractivity contribution is 5.69. The first-order valence-corrected chi connectivity index (χ1v) is 3.90. The lowest BCUT2D eigenvalue weighted by molar-refractivity contribution is -0.171. The minimum absolute atomic E-state index is 0.0107. The van der Waals surface area contributed by atoms with Crippen molar-refractivity contribution in [1.29, 1.82) is 0 Å². The molecule has 3 nitrogen and oxygen atoms in total. The predicted molar refractivity (Wildman–Crippen MR) is 38.2 cm³/mol. The highest BCUT2D eigenvalue weighted by atomic mass is 19.4. The van der Waals surface area contributed by atoms with E-state index in [1.54, 1.807) is 0 Å². The van der Waals surface area contributed by atoms with E-state index in [2.05, 4.69) is 0 Å². The number of halogens is 3. The van der Waals surface area contributed by atoms with Gasteiger partial charge >= 0.3 is 12.1 Å². The summed E-state index contributed by atoms with van der Waals surface area (Å²) in [6.45, 7) is -0.265. The molecule has 1 saturated heterocycles.